The molecule has 0 saturated heterocycles. The highest BCUT2D eigenvalue weighted by atomic mass is 19.1. The molecule has 2 atom stereocenters. The number of pyridine rings is 1. The largest absolute Gasteiger partial charge is 0.393 e. The van der Waals surface area contributed by atoms with E-state index in [0.29, 0.717) is 46.5 Å². The van der Waals surface area contributed by atoms with Crippen molar-refractivity contribution < 1.29 is 9.50 Å². The number of nitrogens with two attached hydrogens (primary N) is 1. The Hall–Kier alpha value is -4.10. The lowest BCUT2D eigenvalue weighted by Crippen LogP contribution is -2.19. The van der Waals surface area contributed by atoms with E-state index < -0.39 is 5.82 Å². The summed E-state index contributed by atoms with van der Waals surface area (Å²) in [4.78, 5) is 13.9. The standard InChI is InChI=1S/C24H23FN8O/c1-2-20-24(30-15-4-6-17(34)7-15)32-21-18(11-28-23(27)22(21)31-20)14-10-29-33(12-14)16-5-3-13(9-26)19(25)8-16/h3,5,8,10-12,15,17,34H,2,4,6-7H2,1H3,(H2,27,28)(H,30,32). The summed E-state index contributed by atoms with van der Waals surface area (Å²) in [7, 11) is 0. The number of nitrogen functional groups attached to an aromatic ring is 1. The molecule has 9 nitrogen and oxygen atoms in total. The molecular weight excluding hydrogens is 435 g/mol. The van der Waals surface area contributed by atoms with Crippen LogP contribution in [0.2, 0.25) is 0 Å². The number of aliphatic hydroxyl groups is 1. The number of halogens is 1. The van der Waals surface area contributed by atoms with E-state index in [0.717, 1.165) is 18.5 Å². The van der Waals surface area contributed by atoms with E-state index in [9.17, 15) is 9.50 Å². The zero-order valence-corrected chi connectivity index (χ0v) is 18.5. The minimum absolute atomic E-state index is 0.0262. The van der Waals surface area contributed by atoms with Crippen LogP contribution in [0.3, 0.4) is 0 Å². The number of nitrogens with zero attached hydrogens (tertiary/aromatic N) is 6. The van der Waals surface area contributed by atoms with Crippen LogP contribution in [0.1, 0.15) is 37.4 Å². The average molecular weight is 459 g/mol. The van der Waals surface area contributed by atoms with Crippen LogP contribution in [0.15, 0.2) is 36.8 Å². The van der Waals surface area contributed by atoms with Crippen molar-refractivity contribution in [3.63, 3.8) is 0 Å². The zero-order valence-electron chi connectivity index (χ0n) is 18.5. The van der Waals surface area contributed by atoms with Crippen LogP contribution in [0.4, 0.5) is 16.0 Å². The van der Waals surface area contributed by atoms with E-state index in [2.05, 4.69) is 15.4 Å². The number of aliphatic hydroxyl groups excluding tert-OH is 1. The number of rotatable bonds is 5. The first-order chi connectivity index (χ1) is 16.5. The fourth-order valence-corrected chi connectivity index (χ4v) is 4.29. The predicted octanol–water partition coefficient (Wildman–Crippen LogP) is 3.36. The third-order valence-corrected chi connectivity index (χ3v) is 6.11. The van der Waals surface area contributed by atoms with E-state index >= 15 is 0 Å². The molecule has 10 heteroatoms. The Labute approximate surface area is 195 Å². The van der Waals surface area contributed by atoms with Crippen molar-refractivity contribution >= 4 is 22.7 Å². The highest BCUT2D eigenvalue weighted by Gasteiger charge is 2.24. The van der Waals surface area contributed by atoms with E-state index in [-0.39, 0.29) is 23.5 Å². The number of fused-ring (bicyclic) bond motifs is 1. The highest BCUT2D eigenvalue weighted by Crippen LogP contribution is 2.32. The highest BCUT2D eigenvalue weighted by molar-refractivity contribution is 5.96. The second-order valence-electron chi connectivity index (χ2n) is 8.38. The van der Waals surface area contributed by atoms with Crippen LogP contribution in [0.5, 0.6) is 0 Å². The first kappa shape index (κ1) is 21.7. The molecule has 1 aliphatic carbocycles. The SMILES string of the molecule is CCc1nc2c(N)ncc(-c3cnn(-c4ccc(C#N)c(F)c4)c3)c2nc1NC1CCC(O)C1. The number of nitrogens with one attached hydrogen (secondary N) is 1. The van der Waals surface area contributed by atoms with Crippen LogP contribution in [0.25, 0.3) is 27.8 Å². The lowest BCUT2D eigenvalue weighted by atomic mass is 10.1. The minimum atomic E-state index is -0.609. The molecule has 172 valence electrons. The Morgan fingerprint density at radius 3 is 2.82 bits per heavy atom. The molecular formula is C24H23FN8O. The van der Waals surface area contributed by atoms with Crippen LogP contribution in [0, 0.1) is 17.1 Å². The molecule has 0 bridgehead atoms. The normalized spacial score (nSPS) is 17.7. The van der Waals surface area contributed by atoms with Gasteiger partial charge < -0.3 is 16.2 Å². The fraction of sp³-hybridized carbons (Fsp3) is 0.292. The summed E-state index contributed by atoms with van der Waals surface area (Å²) in [5.74, 6) is 0.343. The molecule has 0 amide bonds. The first-order valence-electron chi connectivity index (χ1n) is 11.1. The van der Waals surface area contributed by atoms with Crippen LogP contribution < -0.4 is 11.1 Å². The number of nitriles is 1. The number of anilines is 2. The van der Waals surface area contributed by atoms with Gasteiger partial charge in [0.1, 0.15) is 28.7 Å². The van der Waals surface area contributed by atoms with Gasteiger partial charge in [0.05, 0.1) is 29.2 Å². The summed E-state index contributed by atoms with van der Waals surface area (Å²) in [5, 5.41) is 26.7. The molecule has 2 unspecified atom stereocenters. The molecule has 1 aromatic carbocycles. The van der Waals surface area contributed by atoms with Crippen LogP contribution in [-0.4, -0.2) is 42.0 Å². The third kappa shape index (κ3) is 3.91. The van der Waals surface area contributed by atoms with Crippen molar-refractivity contribution in [2.75, 3.05) is 11.1 Å². The van der Waals surface area contributed by atoms with E-state index in [1.165, 1.54) is 16.8 Å². The monoisotopic (exact) mass is 458 g/mol. The molecule has 0 aliphatic heterocycles. The van der Waals surface area contributed by atoms with E-state index in [1.807, 2.05) is 13.0 Å². The van der Waals surface area contributed by atoms with Crippen molar-refractivity contribution in [3.05, 3.63) is 53.9 Å². The lowest BCUT2D eigenvalue weighted by Gasteiger charge is -2.17. The topological polar surface area (TPSA) is 139 Å². The van der Waals surface area contributed by atoms with Crippen molar-refractivity contribution in [3.8, 4) is 22.9 Å². The summed E-state index contributed by atoms with van der Waals surface area (Å²) < 4.78 is 15.6. The molecule has 34 heavy (non-hydrogen) atoms. The second kappa shape index (κ2) is 8.68. The molecule has 0 spiro atoms. The smallest absolute Gasteiger partial charge is 0.151 e. The number of aromatic nitrogens is 5. The second-order valence-corrected chi connectivity index (χ2v) is 8.38. The molecule has 4 aromatic rings. The van der Waals surface area contributed by atoms with Gasteiger partial charge in [-0.1, -0.05) is 6.92 Å². The number of benzene rings is 1. The van der Waals surface area contributed by atoms with E-state index in [1.54, 1.807) is 24.7 Å². The van der Waals surface area contributed by atoms with Gasteiger partial charge in [-0.25, -0.2) is 24.0 Å². The molecule has 5 rings (SSSR count). The molecule has 3 aromatic heterocycles. The van der Waals surface area contributed by atoms with Crippen LogP contribution in [-0.2, 0) is 6.42 Å². The maximum atomic E-state index is 14.1. The van der Waals surface area contributed by atoms with E-state index in [4.69, 9.17) is 21.0 Å². The Morgan fingerprint density at radius 1 is 1.26 bits per heavy atom. The molecule has 1 saturated carbocycles. The Kier molecular flexibility index (Phi) is 5.55. The lowest BCUT2D eigenvalue weighted by molar-refractivity contribution is 0.182. The van der Waals surface area contributed by atoms with Gasteiger partial charge >= 0.3 is 0 Å². The molecule has 0 radical (unpaired) electrons. The van der Waals surface area contributed by atoms with Crippen molar-refractivity contribution in [1.82, 2.24) is 24.7 Å². The Balaban J connectivity index is 1.57. The van der Waals surface area contributed by atoms with Gasteiger partial charge in [0.2, 0.25) is 0 Å². The molecule has 3 heterocycles. The first-order valence-corrected chi connectivity index (χ1v) is 11.1. The summed E-state index contributed by atoms with van der Waals surface area (Å²) >= 11 is 0. The number of hydrogen-bond acceptors (Lipinski definition) is 8. The maximum Gasteiger partial charge on any atom is 0.151 e. The summed E-state index contributed by atoms with van der Waals surface area (Å²) in [5.41, 5.74) is 9.86. The van der Waals surface area contributed by atoms with Gasteiger partial charge in [0.15, 0.2) is 5.82 Å². The number of aryl methyl sites for hydroxylation is 1. The average Bonchev–Trinajstić information content (AvgIpc) is 3.48. The maximum absolute atomic E-state index is 14.1. The van der Waals surface area contributed by atoms with Gasteiger partial charge in [0, 0.05) is 35.6 Å². The molecule has 1 fully saturated rings. The fourth-order valence-electron chi connectivity index (χ4n) is 4.29. The third-order valence-electron chi connectivity index (χ3n) is 6.11. The Bertz CT molecular complexity index is 1430. The van der Waals surface area contributed by atoms with Gasteiger partial charge in [-0.15, -0.1) is 0 Å². The van der Waals surface area contributed by atoms with Crippen LogP contribution >= 0.6 is 0 Å². The van der Waals surface area contributed by atoms with Gasteiger partial charge in [-0.2, -0.15) is 10.4 Å². The van der Waals surface area contributed by atoms with Gasteiger partial charge in [-0.3, -0.25) is 0 Å². The molecule has 1 aliphatic rings. The Morgan fingerprint density at radius 2 is 2.12 bits per heavy atom. The van der Waals surface area contributed by atoms with Crippen molar-refractivity contribution in [1.29, 1.82) is 5.26 Å². The number of hydrogen-bond donors (Lipinski definition) is 3. The van der Waals surface area contributed by atoms with Crippen molar-refractivity contribution in [2.45, 2.75) is 44.8 Å². The zero-order chi connectivity index (χ0) is 23.8. The quantitative estimate of drug-likeness (QED) is 0.414. The predicted molar refractivity (Wildman–Crippen MR) is 126 cm³/mol. The van der Waals surface area contributed by atoms with Crippen molar-refractivity contribution in [2.24, 2.45) is 0 Å². The summed E-state index contributed by atoms with van der Waals surface area (Å²) in [6, 6.07) is 6.25. The minimum Gasteiger partial charge on any atom is -0.393 e. The van der Waals surface area contributed by atoms with Gasteiger partial charge in [0.25, 0.3) is 0 Å². The summed E-state index contributed by atoms with van der Waals surface area (Å²) in [6.07, 6.45) is 7.66. The summed E-state index contributed by atoms with van der Waals surface area (Å²) in [6.45, 7) is 2.00. The van der Waals surface area contributed by atoms with Gasteiger partial charge in [-0.05, 0) is 37.8 Å². The molecule has 4 N–H and O–H groups in total.